The summed E-state index contributed by atoms with van der Waals surface area (Å²) in [6.45, 7) is 0.400. The van der Waals surface area contributed by atoms with E-state index in [-0.39, 0.29) is 23.2 Å². The summed E-state index contributed by atoms with van der Waals surface area (Å²) in [4.78, 5) is 0. The van der Waals surface area contributed by atoms with Crippen LogP contribution in [0.5, 0.6) is 0 Å². The van der Waals surface area contributed by atoms with Gasteiger partial charge in [0.05, 0.1) is 22.9 Å². The topological polar surface area (TPSA) is 71.5 Å². The Labute approximate surface area is 136 Å². The maximum absolute atomic E-state index is 12.7. The molecule has 0 radical (unpaired) electrons. The van der Waals surface area contributed by atoms with E-state index in [1.807, 2.05) is 0 Å². The van der Waals surface area contributed by atoms with Crippen LogP contribution in [-0.2, 0) is 26.3 Å². The normalized spacial score (nSPS) is 24.2. The molecule has 1 fully saturated rings. The SMILES string of the molecule is O=S1(=O)CCC[C@H](CS(=O)(=O)N2CCc3cc(Cl)ccc32)C1. The van der Waals surface area contributed by atoms with Crippen LogP contribution in [0.3, 0.4) is 0 Å². The molecule has 1 aromatic carbocycles. The second-order valence-electron chi connectivity index (χ2n) is 6.00. The summed E-state index contributed by atoms with van der Waals surface area (Å²) in [5.41, 5.74) is 1.59. The number of fused-ring (bicyclic) bond motifs is 1. The van der Waals surface area contributed by atoms with Gasteiger partial charge in [-0.3, -0.25) is 4.31 Å². The van der Waals surface area contributed by atoms with Crippen LogP contribution < -0.4 is 4.31 Å². The van der Waals surface area contributed by atoms with Crippen LogP contribution in [-0.4, -0.2) is 40.6 Å². The molecular weight excluding hydrogens is 346 g/mol. The first kappa shape index (κ1) is 16.1. The molecule has 1 aromatic rings. The number of sulfonamides is 1. The lowest BCUT2D eigenvalue weighted by Gasteiger charge is -2.26. The van der Waals surface area contributed by atoms with Crippen LogP contribution in [0, 0.1) is 5.92 Å². The van der Waals surface area contributed by atoms with Crippen molar-refractivity contribution in [1.29, 1.82) is 0 Å². The smallest absolute Gasteiger partial charge is 0.235 e. The van der Waals surface area contributed by atoms with Crippen molar-refractivity contribution in [2.75, 3.05) is 28.1 Å². The van der Waals surface area contributed by atoms with E-state index < -0.39 is 19.9 Å². The minimum absolute atomic E-state index is 0.0203. The van der Waals surface area contributed by atoms with Crippen LogP contribution in [0.2, 0.25) is 5.02 Å². The lowest BCUT2D eigenvalue weighted by molar-refractivity contribution is 0.507. The van der Waals surface area contributed by atoms with Gasteiger partial charge in [-0.1, -0.05) is 11.6 Å². The molecule has 0 unspecified atom stereocenters. The number of nitrogens with zero attached hydrogens (tertiary/aromatic N) is 1. The molecule has 122 valence electrons. The fraction of sp³-hybridized carbons (Fsp3) is 0.571. The third kappa shape index (κ3) is 3.26. The Kier molecular flexibility index (Phi) is 4.16. The number of hydrogen-bond donors (Lipinski definition) is 0. The van der Waals surface area contributed by atoms with Crippen LogP contribution in [0.1, 0.15) is 18.4 Å². The number of hydrogen-bond acceptors (Lipinski definition) is 4. The maximum Gasteiger partial charge on any atom is 0.235 e. The van der Waals surface area contributed by atoms with Gasteiger partial charge in [0.1, 0.15) is 0 Å². The Bertz CT molecular complexity index is 789. The van der Waals surface area contributed by atoms with Gasteiger partial charge in [0.15, 0.2) is 9.84 Å². The quantitative estimate of drug-likeness (QED) is 0.821. The number of sulfone groups is 1. The summed E-state index contributed by atoms with van der Waals surface area (Å²) in [5, 5.41) is 0.594. The van der Waals surface area contributed by atoms with Crippen molar-refractivity contribution < 1.29 is 16.8 Å². The van der Waals surface area contributed by atoms with Crippen LogP contribution in [0.15, 0.2) is 18.2 Å². The molecule has 0 N–H and O–H groups in total. The number of halogens is 1. The van der Waals surface area contributed by atoms with Gasteiger partial charge in [-0.05, 0) is 48.9 Å². The highest BCUT2D eigenvalue weighted by atomic mass is 35.5. The van der Waals surface area contributed by atoms with Crippen molar-refractivity contribution in [2.24, 2.45) is 5.92 Å². The summed E-state index contributed by atoms with van der Waals surface area (Å²) in [5.74, 6) is -0.253. The minimum Gasteiger partial charge on any atom is -0.270 e. The molecule has 0 aromatic heterocycles. The molecule has 2 aliphatic rings. The highest BCUT2D eigenvalue weighted by Gasteiger charge is 2.34. The predicted octanol–water partition coefficient (Wildman–Crippen LogP) is 1.86. The summed E-state index contributed by atoms with van der Waals surface area (Å²) < 4.78 is 50.1. The molecule has 0 spiro atoms. The van der Waals surface area contributed by atoms with E-state index in [0.29, 0.717) is 36.5 Å². The molecule has 8 heteroatoms. The first-order valence-corrected chi connectivity index (χ1v) is 11.1. The molecule has 0 aliphatic carbocycles. The van der Waals surface area contributed by atoms with Crippen LogP contribution in [0.4, 0.5) is 5.69 Å². The van der Waals surface area contributed by atoms with Crippen molar-refractivity contribution in [3.8, 4) is 0 Å². The third-order valence-corrected chi connectivity index (χ3v) is 8.30. The first-order valence-electron chi connectivity index (χ1n) is 7.26. The van der Waals surface area contributed by atoms with Gasteiger partial charge in [-0.25, -0.2) is 16.8 Å². The summed E-state index contributed by atoms with van der Waals surface area (Å²) in [6.07, 6.45) is 1.84. The summed E-state index contributed by atoms with van der Waals surface area (Å²) in [7, 11) is -6.60. The Morgan fingerprint density at radius 1 is 1.32 bits per heavy atom. The summed E-state index contributed by atoms with van der Waals surface area (Å²) >= 11 is 5.94. The fourth-order valence-corrected chi connectivity index (χ4v) is 7.29. The Morgan fingerprint density at radius 2 is 2.09 bits per heavy atom. The molecule has 3 rings (SSSR count). The highest BCUT2D eigenvalue weighted by Crippen LogP contribution is 2.33. The Morgan fingerprint density at radius 3 is 2.82 bits per heavy atom. The average molecular weight is 364 g/mol. The van der Waals surface area contributed by atoms with Crippen LogP contribution in [0.25, 0.3) is 0 Å². The van der Waals surface area contributed by atoms with Crippen molar-refractivity contribution in [3.05, 3.63) is 28.8 Å². The second-order valence-corrected chi connectivity index (χ2v) is 10.6. The lowest BCUT2D eigenvalue weighted by Crippen LogP contribution is -2.37. The van der Waals surface area contributed by atoms with Crippen molar-refractivity contribution in [1.82, 2.24) is 0 Å². The van der Waals surface area contributed by atoms with Gasteiger partial charge in [-0.15, -0.1) is 0 Å². The molecule has 1 atom stereocenters. The minimum atomic E-state index is -3.51. The molecule has 0 bridgehead atoms. The van der Waals surface area contributed by atoms with E-state index in [4.69, 9.17) is 11.6 Å². The number of rotatable bonds is 3. The van der Waals surface area contributed by atoms with Gasteiger partial charge >= 0.3 is 0 Å². The van der Waals surface area contributed by atoms with Crippen molar-refractivity contribution in [2.45, 2.75) is 19.3 Å². The van der Waals surface area contributed by atoms with E-state index in [9.17, 15) is 16.8 Å². The Hall–Kier alpha value is -0.790. The monoisotopic (exact) mass is 363 g/mol. The maximum atomic E-state index is 12.7. The molecule has 22 heavy (non-hydrogen) atoms. The lowest BCUT2D eigenvalue weighted by atomic mass is 10.1. The molecule has 2 aliphatic heterocycles. The molecule has 5 nitrogen and oxygen atoms in total. The molecule has 1 saturated heterocycles. The van der Waals surface area contributed by atoms with E-state index in [2.05, 4.69) is 0 Å². The zero-order valence-corrected chi connectivity index (χ0v) is 14.4. The number of benzene rings is 1. The van der Waals surface area contributed by atoms with Gasteiger partial charge in [0, 0.05) is 11.6 Å². The average Bonchev–Trinajstić information content (AvgIpc) is 2.80. The van der Waals surface area contributed by atoms with E-state index in [0.717, 1.165) is 5.56 Å². The van der Waals surface area contributed by atoms with Crippen molar-refractivity contribution >= 4 is 37.1 Å². The van der Waals surface area contributed by atoms with Gasteiger partial charge in [-0.2, -0.15) is 0 Å². The first-order chi connectivity index (χ1) is 10.3. The standard InChI is InChI=1S/C14H18ClNO4S2/c15-13-3-4-14-12(8-13)5-6-16(14)22(19,20)10-11-2-1-7-21(17,18)9-11/h3-4,8,11H,1-2,5-7,9-10H2/t11-/m0/s1. The highest BCUT2D eigenvalue weighted by molar-refractivity contribution is 7.93. The molecule has 0 amide bonds. The molecule has 0 saturated carbocycles. The number of anilines is 1. The van der Waals surface area contributed by atoms with Gasteiger partial charge in [0.25, 0.3) is 0 Å². The van der Waals surface area contributed by atoms with Gasteiger partial charge in [0.2, 0.25) is 10.0 Å². The molecule has 2 heterocycles. The molecular formula is C14H18ClNO4S2. The predicted molar refractivity (Wildman–Crippen MR) is 87.7 cm³/mol. The zero-order chi connectivity index (χ0) is 16.0. The largest absolute Gasteiger partial charge is 0.270 e. The zero-order valence-electron chi connectivity index (χ0n) is 12.0. The summed E-state index contributed by atoms with van der Waals surface area (Å²) in [6, 6.07) is 5.19. The van der Waals surface area contributed by atoms with Gasteiger partial charge < -0.3 is 0 Å². The van der Waals surface area contributed by atoms with Crippen molar-refractivity contribution in [3.63, 3.8) is 0 Å². The van der Waals surface area contributed by atoms with E-state index in [1.165, 1.54) is 4.31 Å². The second kappa shape index (κ2) is 5.69. The fourth-order valence-electron chi connectivity index (χ4n) is 3.27. The van der Waals surface area contributed by atoms with E-state index in [1.54, 1.807) is 18.2 Å². The Balaban J connectivity index is 1.80. The van der Waals surface area contributed by atoms with Crippen LogP contribution >= 0.6 is 11.6 Å². The van der Waals surface area contributed by atoms with E-state index >= 15 is 0 Å². The third-order valence-electron chi connectivity index (χ3n) is 4.23.